The molecule has 0 spiro atoms. The average molecular weight is 400 g/mol. The first-order valence-electron chi connectivity index (χ1n) is 8.97. The van der Waals surface area contributed by atoms with Crippen molar-refractivity contribution in [1.82, 2.24) is 5.32 Å². The molecule has 8 nitrogen and oxygen atoms in total. The highest BCUT2D eigenvalue weighted by molar-refractivity contribution is 5.98. The van der Waals surface area contributed by atoms with Crippen LogP contribution in [0.4, 0.5) is 10.5 Å². The van der Waals surface area contributed by atoms with Crippen LogP contribution in [0.3, 0.4) is 0 Å². The first-order chi connectivity index (χ1) is 13.8. The van der Waals surface area contributed by atoms with Crippen LogP contribution in [-0.2, 0) is 20.9 Å². The molecule has 0 heterocycles. The highest BCUT2D eigenvalue weighted by atomic mass is 16.5. The Morgan fingerprint density at radius 2 is 1.79 bits per heavy atom. The molecule has 0 radical (unpaired) electrons. The summed E-state index contributed by atoms with van der Waals surface area (Å²) in [5, 5.41) is 14.7. The van der Waals surface area contributed by atoms with Gasteiger partial charge in [0, 0.05) is 11.3 Å². The van der Waals surface area contributed by atoms with Crippen LogP contribution in [0.15, 0.2) is 48.5 Å². The second-order valence-corrected chi connectivity index (χ2v) is 6.43. The molecule has 8 heteroatoms. The van der Waals surface area contributed by atoms with Crippen molar-refractivity contribution in [3.05, 3.63) is 65.2 Å². The molecule has 3 N–H and O–H groups in total. The minimum atomic E-state index is -1.18. The van der Waals surface area contributed by atoms with Crippen molar-refractivity contribution in [2.24, 2.45) is 0 Å². The van der Waals surface area contributed by atoms with Crippen molar-refractivity contribution in [3.63, 3.8) is 0 Å². The lowest BCUT2D eigenvalue weighted by molar-refractivity contribution is -0.145. The number of rotatable bonds is 7. The maximum absolute atomic E-state index is 12.4. The Morgan fingerprint density at radius 3 is 2.38 bits per heavy atom. The Morgan fingerprint density at radius 1 is 1.10 bits per heavy atom. The third-order valence-electron chi connectivity index (χ3n) is 4.16. The van der Waals surface area contributed by atoms with E-state index in [2.05, 4.69) is 15.4 Å². The van der Waals surface area contributed by atoms with Gasteiger partial charge in [-0.3, -0.25) is 10.1 Å². The maximum Gasteiger partial charge on any atom is 0.411 e. The molecular formula is C21H24N2O6. The lowest BCUT2D eigenvalue weighted by Gasteiger charge is -2.19. The number of carbonyl (C=O) groups excluding carboxylic acids is 3. The van der Waals surface area contributed by atoms with Crippen molar-refractivity contribution in [3.8, 4) is 0 Å². The van der Waals surface area contributed by atoms with Crippen LogP contribution in [0.5, 0.6) is 0 Å². The first-order valence-corrected chi connectivity index (χ1v) is 8.97. The van der Waals surface area contributed by atoms with Gasteiger partial charge in [-0.05, 0) is 43.2 Å². The van der Waals surface area contributed by atoms with E-state index in [-0.39, 0.29) is 12.2 Å². The molecular weight excluding hydrogens is 376 g/mol. The summed E-state index contributed by atoms with van der Waals surface area (Å²) in [4.78, 5) is 36.0. The van der Waals surface area contributed by atoms with Crippen LogP contribution in [0, 0.1) is 6.92 Å². The van der Waals surface area contributed by atoms with Gasteiger partial charge >= 0.3 is 12.1 Å². The molecule has 0 aliphatic carbocycles. The molecule has 0 aliphatic rings. The first kappa shape index (κ1) is 21.9. The summed E-state index contributed by atoms with van der Waals surface area (Å²) in [5.74, 6) is -1.30. The number of anilines is 1. The molecule has 0 bridgehead atoms. The van der Waals surface area contributed by atoms with Crippen molar-refractivity contribution >= 4 is 23.7 Å². The predicted octanol–water partition coefficient (Wildman–Crippen LogP) is 2.40. The number of aliphatic hydroxyl groups excluding tert-OH is 1. The van der Waals surface area contributed by atoms with Gasteiger partial charge in [0.25, 0.3) is 5.91 Å². The van der Waals surface area contributed by atoms with Gasteiger partial charge in [-0.2, -0.15) is 0 Å². The number of hydrogen-bond donors (Lipinski definition) is 3. The molecule has 0 unspecified atom stereocenters. The zero-order valence-electron chi connectivity index (χ0n) is 16.5. The van der Waals surface area contributed by atoms with Gasteiger partial charge in [-0.1, -0.05) is 30.3 Å². The predicted molar refractivity (Wildman–Crippen MR) is 106 cm³/mol. The topological polar surface area (TPSA) is 114 Å². The highest BCUT2D eigenvalue weighted by Gasteiger charge is 2.27. The quantitative estimate of drug-likeness (QED) is 0.615. The molecule has 2 aromatic rings. The Labute approximate surface area is 168 Å². The van der Waals surface area contributed by atoms with E-state index in [1.807, 2.05) is 30.3 Å². The lowest BCUT2D eigenvalue weighted by Crippen LogP contribution is -2.48. The Kier molecular flexibility index (Phi) is 7.73. The van der Waals surface area contributed by atoms with Crippen LogP contribution in [-0.4, -0.2) is 42.3 Å². The Balaban J connectivity index is 1.99. The molecule has 2 aromatic carbocycles. The van der Waals surface area contributed by atoms with Gasteiger partial charge in [-0.25, -0.2) is 9.59 Å². The van der Waals surface area contributed by atoms with E-state index in [1.165, 1.54) is 20.1 Å². The minimum Gasteiger partial charge on any atom is -0.467 e. The van der Waals surface area contributed by atoms with Crippen LogP contribution in [0.25, 0.3) is 0 Å². The van der Waals surface area contributed by atoms with Gasteiger partial charge in [0.2, 0.25) is 0 Å². The molecule has 29 heavy (non-hydrogen) atoms. The highest BCUT2D eigenvalue weighted by Crippen LogP contribution is 2.17. The maximum atomic E-state index is 12.4. The summed E-state index contributed by atoms with van der Waals surface area (Å²) in [6, 6.07) is 12.7. The summed E-state index contributed by atoms with van der Waals surface area (Å²) in [6.07, 6.45) is -1.73. The third kappa shape index (κ3) is 6.32. The van der Waals surface area contributed by atoms with E-state index in [0.717, 1.165) is 5.56 Å². The van der Waals surface area contributed by atoms with Crippen LogP contribution >= 0.6 is 0 Å². The van der Waals surface area contributed by atoms with E-state index >= 15 is 0 Å². The number of nitrogens with one attached hydrogen (secondary N) is 2. The number of benzene rings is 2. The number of aryl methyl sites for hydroxylation is 1. The van der Waals surface area contributed by atoms with E-state index in [9.17, 15) is 19.5 Å². The van der Waals surface area contributed by atoms with E-state index < -0.39 is 30.1 Å². The van der Waals surface area contributed by atoms with Crippen LogP contribution in [0.2, 0.25) is 0 Å². The minimum absolute atomic E-state index is 0.139. The standard InChI is InChI=1S/C21H24N2O6/c1-13-11-16(19(25)23-18(14(2)24)20(26)28-3)9-10-17(13)22-21(27)29-12-15-7-5-4-6-8-15/h4-11,14,18,24H,12H2,1-3H3,(H,22,27)(H,23,25)/t14-,18+/m1/s1. The Bertz CT molecular complexity index is 867. The average Bonchev–Trinajstić information content (AvgIpc) is 2.71. The molecule has 2 amide bonds. The SMILES string of the molecule is COC(=O)[C@@H](NC(=O)c1ccc(NC(=O)OCc2ccccc2)c(C)c1)[C@@H](C)O. The number of ether oxygens (including phenoxy) is 2. The van der Waals surface area contributed by atoms with Crippen molar-refractivity contribution in [2.45, 2.75) is 32.6 Å². The fraction of sp³-hybridized carbons (Fsp3) is 0.286. The Hall–Kier alpha value is -3.39. The van der Waals surface area contributed by atoms with Gasteiger partial charge in [0.15, 0.2) is 6.04 Å². The van der Waals surface area contributed by atoms with Crippen LogP contribution < -0.4 is 10.6 Å². The van der Waals surface area contributed by atoms with Crippen molar-refractivity contribution < 1.29 is 29.0 Å². The smallest absolute Gasteiger partial charge is 0.411 e. The summed E-state index contributed by atoms with van der Waals surface area (Å²) in [5.41, 5.74) is 2.24. The zero-order valence-corrected chi connectivity index (χ0v) is 16.5. The van der Waals surface area contributed by atoms with E-state index in [1.54, 1.807) is 19.1 Å². The fourth-order valence-corrected chi connectivity index (χ4v) is 2.54. The number of hydrogen-bond acceptors (Lipinski definition) is 6. The molecule has 0 saturated heterocycles. The number of esters is 1. The van der Waals surface area contributed by atoms with Crippen molar-refractivity contribution in [2.75, 3.05) is 12.4 Å². The molecule has 0 fully saturated rings. The molecule has 2 rings (SSSR count). The molecule has 154 valence electrons. The molecule has 2 atom stereocenters. The number of methoxy groups -OCH3 is 1. The van der Waals surface area contributed by atoms with Gasteiger partial charge < -0.3 is 19.9 Å². The van der Waals surface area contributed by atoms with Crippen molar-refractivity contribution in [1.29, 1.82) is 0 Å². The summed E-state index contributed by atoms with van der Waals surface area (Å²) in [7, 11) is 1.17. The normalized spacial score (nSPS) is 12.4. The zero-order chi connectivity index (χ0) is 21.4. The molecule has 0 aliphatic heterocycles. The summed E-state index contributed by atoms with van der Waals surface area (Å²) >= 11 is 0. The summed E-state index contributed by atoms with van der Waals surface area (Å²) in [6.45, 7) is 3.23. The number of carbonyl (C=O) groups is 3. The second kappa shape index (κ2) is 10.2. The molecule has 0 saturated carbocycles. The monoisotopic (exact) mass is 400 g/mol. The summed E-state index contributed by atoms with van der Waals surface area (Å²) < 4.78 is 9.75. The fourth-order valence-electron chi connectivity index (χ4n) is 2.54. The number of amides is 2. The number of aliphatic hydroxyl groups is 1. The van der Waals surface area contributed by atoms with Crippen LogP contribution in [0.1, 0.15) is 28.4 Å². The lowest BCUT2D eigenvalue weighted by atomic mass is 10.1. The van der Waals surface area contributed by atoms with Gasteiger partial charge in [0.05, 0.1) is 13.2 Å². The van der Waals surface area contributed by atoms with Gasteiger partial charge in [-0.15, -0.1) is 0 Å². The third-order valence-corrected chi connectivity index (χ3v) is 4.16. The van der Waals surface area contributed by atoms with Gasteiger partial charge in [0.1, 0.15) is 6.61 Å². The van der Waals surface area contributed by atoms with E-state index in [0.29, 0.717) is 11.3 Å². The molecule has 0 aromatic heterocycles. The largest absolute Gasteiger partial charge is 0.467 e. The van der Waals surface area contributed by atoms with E-state index in [4.69, 9.17) is 4.74 Å². The second-order valence-electron chi connectivity index (χ2n) is 6.43.